The van der Waals surface area contributed by atoms with E-state index >= 15 is 0 Å². The Kier molecular flexibility index (Phi) is 5.80. The topological polar surface area (TPSA) is 72.8 Å². The lowest BCUT2D eigenvalue weighted by Gasteiger charge is -2.46. The molecule has 2 aliphatic rings. The van der Waals surface area contributed by atoms with Crippen molar-refractivity contribution >= 4 is 33.3 Å². The zero-order chi connectivity index (χ0) is 19.7. The number of hydrogen-bond acceptors (Lipinski definition) is 7. The first-order valence-electron chi connectivity index (χ1n) is 10.1. The number of aromatic nitrogens is 2. The van der Waals surface area contributed by atoms with Crippen molar-refractivity contribution in [3.8, 4) is 0 Å². The van der Waals surface area contributed by atoms with Crippen molar-refractivity contribution < 1.29 is 9.90 Å². The summed E-state index contributed by atoms with van der Waals surface area (Å²) in [5.41, 5.74) is 0. The van der Waals surface area contributed by atoms with E-state index in [9.17, 15) is 9.90 Å². The van der Waals surface area contributed by atoms with E-state index in [1.807, 2.05) is 6.92 Å². The van der Waals surface area contributed by atoms with Crippen molar-refractivity contribution in [1.82, 2.24) is 19.8 Å². The van der Waals surface area contributed by atoms with Crippen LogP contribution >= 0.6 is 11.3 Å². The van der Waals surface area contributed by atoms with Crippen molar-refractivity contribution in [3.63, 3.8) is 0 Å². The molecule has 2 aromatic heterocycles. The Labute approximate surface area is 170 Å². The normalized spacial score (nSPS) is 24.7. The molecule has 4 heterocycles. The molecule has 0 bridgehead atoms. The Morgan fingerprint density at radius 3 is 2.79 bits per heavy atom. The first kappa shape index (κ1) is 19.5. The van der Waals surface area contributed by atoms with Crippen molar-refractivity contribution in [2.75, 3.05) is 51.2 Å². The van der Waals surface area contributed by atoms with E-state index in [-0.39, 0.29) is 6.42 Å². The monoisotopic (exact) mass is 403 g/mol. The van der Waals surface area contributed by atoms with Crippen LogP contribution < -0.4 is 4.90 Å². The molecule has 2 aromatic rings. The molecule has 7 nitrogen and oxygen atoms in total. The minimum atomic E-state index is -0.702. The summed E-state index contributed by atoms with van der Waals surface area (Å²) in [5.74, 6) is 1.46. The summed E-state index contributed by atoms with van der Waals surface area (Å²) in [6, 6.07) is 2.57. The predicted octanol–water partition coefficient (Wildman–Crippen LogP) is 2.31. The Morgan fingerprint density at radius 2 is 2.04 bits per heavy atom. The van der Waals surface area contributed by atoms with E-state index in [2.05, 4.69) is 38.2 Å². The highest BCUT2D eigenvalue weighted by Crippen LogP contribution is 2.33. The molecule has 8 heteroatoms. The molecule has 28 heavy (non-hydrogen) atoms. The van der Waals surface area contributed by atoms with Gasteiger partial charge in [0.15, 0.2) is 0 Å². The fourth-order valence-corrected chi connectivity index (χ4v) is 5.43. The van der Waals surface area contributed by atoms with E-state index in [0.29, 0.717) is 12.0 Å². The SMILES string of the molecule is Cc1nc(N2CC[C@@H](N3CCN(C)CC3)[C@@H](CCC(=O)O)C2)c2ccsc2n1. The van der Waals surface area contributed by atoms with Crippen molar-refractivity contribution in [2.24, 2.45) is 5.92 Å². The number of likely N-dealkylation sites (N-methyl/N-ethyl adjacent to an activating group) is 1. The van der Waals surface area contributed by atoms with Crippen LogP contribution in [-0.2, 0) is 4.79 Å². The highest BCUT2D eigenvalue weighted by Gasteiger charge is 2.35. The van der Waals surface area contributed by atoms with Crippen LogP contribution in [0, 0.1) is 12.8 Å². The van der Waals surface area contributed by atoms with Gasteiger partial charge < -0.3 is 14.9 Å². The maximum atomic E-state index is 11.3. The fraction of sp³-hybridized carbons (Fsp3) is 0.650. The van der Waals surface area contributed by atoms with E-state index in [1.54, 1.807) is 11.3 Å². The van der Waals surface area contributed by atoms with Gasteiger partial charge in [-0.25, -0.2) is 9.97 Å². The molecule has 0 spiro atoms. The number of piperazine rings is 1. The maximum absolute atomic E-state index is 11.3. The molecule has 4 rings (SSSR count). The van der Waals surface area contributed by atoms with Gasteiger partial charge in [-0.15, -0.1) is 11.3 Å². The quantitative estimate of drug-likeness (QED) is 0.821. The number of rotatable bonds is 5. The van der Waals surface area contributed by atoms with Gasteiger partial charge in [0, 0.05) is 51.7 Å². The molecule has 1 N–H and O–H groups in total. The van der Waals surface area contributed by atoms with Crippen molar-refractivity contribution in [3.05, 3.63) is 17.3 Å². The van der Waals surface area contributed by atoms with Gasteiger partial charge in [-0.1, -0.05) is 0 Å². The molecule has 2 saturated heterocycles. The lowest BCUT2D eigenvalue weighted by atomic mass is 9.86. The number of carboxylic acids is 1. The Hall–Kier alpha value is -1.77. The zero-order valence-electron chi connectivity index (χ0n) is 16.7. The van der Waals surface area contributed by atoms with Gasteiger partial charge in [0.1, 0.15) is 16.5 Å². The molecule has 0 radical (unpaired) electrons. The van der Waals surface area contributed by atoms with E-state index in [0.717, 1.165) is 74.0 Å². The Balaban J connectivity index is 1.55. The Morgan fingerprint density at radius 1 is 1.25 bits per heavy atom. The zero-order valence-corrected chi connectivity index (χ0v) is 17.5. The highest BCUT2D eigenvalue weighted by molar-refractivity contribution is 7.16. The molecular weight excluding hydrogens is 374 g/mol. The van der Waals surface area contributed by atoms with Crippen molar-refractivity contribution in [1.29, 1.82) is 0 Å². The standard InChI is InChI=1S/C20H29N5O2S/c1-14-21-19(16-6-12-28-20(16)22-14)25-7-5-17(15(13-25)3-4-18(26)27)24-10-8-23(2)9-11-24/h6,12,15,17H,3-5,7-11,13H2,1-2H3,(H,26,27)/t15-,17+/m0/s1. The van der Waals surface area contributed by atoms with Crippen LogP contribution in [0.2, 0.25) is 0 Å². The Bertz CT molecular complexity index is 833. The van der Waals surface area contributed by atoms with Gasteiger partial charge in [0.25, 0.3) is 0 Å². The lowest BCUT2D eigenvalue weighted by Crippen LogP contribution is -2.56. The summed E-state index contributed by atoms with van der Waals surface area (Å²) in [6.07, 6.45) is 2.02. The second kappa shape index (κ2) is 8.31. The first-order valence-corrected chi connectivity index (χ1v) is 11.0. The third-order valence-electron chi connectivity index (χ3n) is 6.15. The van der Waals surface area contributed by atoms with Crippen LogP contribution in [0.4, 0.5) is 5.82 Å². The number of hydrogen-bond donors (Lipinski definition) is 1. The molecular formula is C20H29N5O2S. The van der Waals surface area contributed by atoms with Crippen LogP contribution in [-0.4, -0.2) is 83.2 Å². The second-order valence-electron chi connectivity index (χ2n) is 8.07. The average Bonchev–Trinajstić information content (AvgIpc) is 3.14. The number of fused-ring (bicyclic) bond motifs is 1. The van der Waals surface area contributed by atoms with E-state index in [4.69, 9.17) is 4.98 Å². The van der Waals surface area contributed by atoms with E-state index < -0.39 is 5.97 Å². The highest BCUT2D eigenvalue weighted by atomic mass is 32.1. The fourth-order valence-electron chi connectivity index (χ4n) is 4.62. The molecule has 0 amide bonds. The first-order chi connectivity index (χ1) is 13.5. The largest absolute Gasteiger partial charge is 0.481 e. The third-order valence-corrected chi connectivity index (χ3v) is 6.95. The number of thiophene rings is 1. The number of nitrogens with zero attached hydrogens (tertiary/aromatic N) is 5. The summed E-state index contributed by atoms with van der Waals surface area (Å²) in [6.45, 7) is 8.10. The van der Waals surface area contributed by atoms with Crippen LogP contribution in [0.3, 0.4) is 0 Å². The molecule has 2 atom stereocenters. The number of aliphatic carboxylic acids is 1. The van der Waals surface area contributed by atoms with Gasteiger partial charge in [-0.2, -0.15) is 0 Å². The summed E-state index contributed by atoms with van der Waals surface area (Å²) in [5, 5.41) is 12.4. The lowest BCUT2D eigenvalue weighted by molar-refractivity contribution is -0.137. The molecule has 0 saturated carbocycles. The van der Waals surface area contributed by atoms with Crippen LogP contribution in [0.25, 0.3) is 10.2 Å². The van der Waals surface area contributed by atoms with Gasteiger partial charge in [-0.05, 0) is 44.2 Å². The van der Waals surface area contributed by atoms with Gasteiger partial charge >= 0.3 is 5.97 Å². The van der Waals surface area contributed by atoms with Crippen LogP contribution in [0.1, 0.15) is 25.1 Å². The predicted molar refractivity (Wildman–Crippen MR) is 112 cm³/mol. The number of carboxylic acid groups (broad SMARTS) is 1. The smallest absolute Gasteiger partial charge is 0.303 e. The minimum absolute atomic E-state index is 0.236. The number of piperidine rings is 1. The molecule has 0 aromatic carbocycles. The van der Waals surface area contributed by atoms with Gasteiger partial charge in [0.05, 0.1) is 5.39 Å². The van der Waals surface area contributed by atoms with Gasteiger partial charge in [-0.3, -0.25) is 9.69 Å². The summed E-state index contributed by atoms with van der Waals surface area (Å²) in [4.78, 5) is 28.9. The summed E-state index contributed by atoms with van der Waals surface area (Å²) in [7, 11) is 2.17. The van der Waals surface area contributed by atoms with Gasteiger partial charge in [0.2, 0.25) is 0 Å². The number of anilines is 1. The maximum Gasteiger partial charge on any atom is 0.303 e. The molecule has 0 unspecified atom stereocenters. The van der Waals surface area contributed by atoms with E-state index in [1.165, 1.54) is 0 Å². The minimum Gasteiger partial charge on any atom is -0.481 e. The van der Waals surface area contributed by atoms with Crippen LogP contribution in [0.5, 0.6) is 0 Å². The van der Waals surface area contributed by atoms with Crippen LogP contribution in [0.15, 0.2) is 11.4 Å². The molecule has 2 aliphatic heterocycles. The molecule has 2 fully saturated rings. The van der Waals surface area contributed by atoms with Crippen molar-refractivity contribution in [2.45, 2.75) is 32.2 Å². The summed E-state index contributed by atoms with van der Waals surface area (Å²) >= 11 is 1.65. The average molecular weight is 404 g/mol. The second-order valence-corrected chi connectivity index (χ2v) is 8.96. The molecule has 0 aliphatic carbocycles. The molecule has 152 valence electrons. The third kappa shape index (κ3) is 4.14. The summed E-state index contributed by atoms with van der Waals surface area (Å²) < 4.78 is 0. The number of aryl methyl sites for hydroxylation is 1. The number of carbonyl (C=O) groups is 1.